The largest absolute Gasteiger partial charge is 0.497 e. The van der Waals surface area contributed by atoms with Crippen molar-refractivity contribution < 1.29 is 9.53 Å². The number of ether oxygens (including phenoxy) is 1. The molecule has 2 aliphatic heterocycles. The van der Waals surface area contributed by atoms with Gasteiger partial charge >= 0.3 is 0 Å². The van der Waals surface area contributed by atoms with Gasteiger partial charge in [0.2, 0.25) is 5.91 Å². The fourth-order valence-corrected chi connectivity index (χ4v) is 4.88. The van der Waals surface area contributed by atoms with E-state index in [1.807, 2.05) is 46.1 Å². The minimum absolute atomic E-state index is 0.0563. The van der Waals surface area contributed by atoms with Crippen molar-refractivity contribution in [1.29, 1.82) is 0 Å². The fourth-order valence-electron chi connectivity index (χ4n) is 4.45. The molecule has 1 fully saturated rings. The van der Waals surface area contributed by atoms with Gasteiger partial charge in [-0.2, -0.15) is 11.8 Å². The lowest BCUT2D eigenvalue weighted by Gasteiger charge is -2.43. The molecule has 1 aromatic heterocycles. The Labute approximate surface area is 163 Å². The van der Waals surface area contributed by atoms with Crippen molar-refractivity contribution in [2.24, 2.45) is 5.92 Å². The maximum absolute atomic E-state index is 12.6. The monoisotopic (exact) mass is 384 g/mol. The van der Waals surface area contributed by atoms with Crippen LogP contribution in [0.3, 0.4) is 0 Å². The third-order valence-corrected chi connectivity index (χ3v) is 6.15. The molecule has 4 rings (SSSR count). The van der Waals surface area contributed by atoms with Crippen LogP contribution >= 0.6 is 11.8 Å². The van der Waals surface area contributed by atoms with Crippen molar-refractivity contribution in [3.8, 4) is 16.9 Å². The first-order chi connectivity index (χ1) is 13.1. The van der Waals surface area contributed by atoms with Crippen LogP contribution in [0.1, 0.15) is 18.0 Å². The van der Waals surface area contributed by atoms with E-state index < -0.39 is 0 Å². The molecule has 142 valence electrons. The predicted octanol–water partition coefficient (Wildman–Crippen LogP) is 2.83. The molecule has 6 heteroatoms. The van der Waals surface area contributed by atoms with Crippen LogP contribution in [0.25, 0.3) is 11.1 Å². The molecule has 27 heavy (non-hydrogen) atoms. The van der Waals surface area contributed by atoms with Gasteiger partial charge in [-0.1, -0.05) is 12.1 Å². The normalized spacial score (nSPS) is 20.9. The Morgan fingerprint density at radius 1 is 1.15 bits per heavy atom. The summed E-state index contributed by atoms with van der Waals surface area (Å²) in [4.78, 5) is 27.0. The number of aromatic nitrogens is 1. The van der Waals surface area contributed by atoms with Crippen LogP contribution in [0.5, 0.6) is 5.75 Å². The van der Waals surface area contributed by atoms with E-state index in [9.17, 15) is 9.59 Å². The van der Waals surface area contributed by atoms with Crippen molar-refractivity contribution in [3.63, 3.8) is 0 Å². The van der Waals surface area contributed by atoms with E-state index in [4.69, 9.17) is 4.74 Å². The molecule has 0 saturated carbocycles. The van der Waals surface area contributed by atoms with Gasteiger partial charge in [0, 0.05) is 42.9 Å². The van der Waals surface area contributed by atoms with E-state index in [0.717, 1.165) is 35.5 Å². The molecule has 0 aliphatic carbocycles. The van der Waals surface area contributed by atoms with Crippen molar-refractivity contribution in [3.05, 3.63) is 52.4 Å². The topological polar surface area (TPSA) is 51.5 Å². The number of thioether (sulfide) groups is 1. The minimum atomic E-state index is 0.0563. The first-order valence-corrected chi connectivity index (χ1v) is 10.6. The number of fused-ring (bicyclic) bond motifs is 4. The van der Waals surface area contributed by atoms with Gasteiger partial charge in [0.25, 0.3) is 5.56 Å². The maximum Gasteiger partial charge on any atom is 0.250 e. The molecular formula is C21H24N2O3S. The van der Waals surface area contributed by atoms with Crippen LogP contribution in [-0.2, 0) is 11.3 Å². The highest BCUT2D eigenvalue weighted by atomic mass is 32.2. The van der Waals surface area contributed by atoms with Gasteiger partial charge in [-0.15, -0.1) is 0 Å². The van der Waals surface area contributed by atoms with E-state index in [1.54, 1.807) is 24.9 Å². The zero-order valence-corrected chi connectivity index (χ0v) is 16.5. The number of amides is 1. The summed E-state index contributed by atoms with van der Waals surface area (Å²) in [6, 6.07) is 11.5. The zero-order valence-electron chi connectivity index (χ0n) is 15.7. The Bertz CT molecular complexity index is 907. The van der Waals surface area contributed by atoms with Gasteiger partial charge in [0.1, 0.15) is 5.75 Å². The van der Waals surface area contributed by atoms with Gasteiger partial charge < -0.3 is 14.2 Å². The lowest BCUT2D eigenvalue weighted by atomic mass is 9.80. The Morgan fingerprint density at radius 2 is 1.93 bits per heavy atom. The second kappa shape index (κ2) is 7.43. The number of rotatable bonds is 4. The number of hydrogen-bond acceptors (Lipinski definition) is 4. The van der Waals surface area contributed by atoms with Crippen LogP contribution in [0, 0.1) is 5.92 Å². The summed E-state index contributed by atoms with van der Waals surface area (Å²) in [5.41, 5.74) is 3.29. The number of hydrogen-bond donors (Lipinski definition) is 0. The van der Waals surface area contributed by atoms with Crippen molar-refractivity contribution in [1.82, 2.24) is 9.47 Å². The second-order valence-electron chi connectivity index (χ2n) is 7.34. The molecule has 2 aromatic rings. The highest BCUT2D eigenvalue weighted by Gasteiger charge is 2.37. The lowest BCUT2D eigenvalue weighted by Crippen LogP contribution is -2.49. The first kappa shape index (κ1) is 18.2. The number of piperidine rings is 1. The lowest BCUT2D eigenvalue weighted by molar-refractivity contribution is -0.131. The molecule has 1 saturated heterocycles. The van der Waals surface area contributed by atoms with Crippen LogP contribution in [-0.4, -0.2) is 47.6 Å². The molecule has 0 radical (unpaired) electrons. The summed E-state index contributed by atoms with van der Waals surface area (Å²) in [5, 5.41) is 0. The molecule has 1 aromatic carbocycles. The van der Waals surface area contributed by atoms with Gasteiger partial charge in [-0.3, -0.25) is 9.59 Å². The molecule has 1 amide bonds. The smallest absolute Gasteiger partial charge is 0.250 e. The first-order valence-electron chi connectivity index (χ1n) is 9.25. The average molecular weight is 385 g/mol. The van der Waals surface area contributed by atoms with E-state index >= 15 is 0 Å². The number of carbonyl (C=O) groups is 1. The highest BCUT2D eigenvalue weighted by molar-refractivity contribution is 7.99. The molecule has 2 atom stereocenters. The summed E-state index contributed by atoms with van der Waals surface area (Å²) in [6.07, 6.45) is 3.00. The molecule has 2 aliphatic rings. The Balaban J connectivity index is 1.75. The molecule has 3 heterocycles. The molecule has 2 bridgehead atoms. The van der Waals surface area contributed by atoms with Crippen LogP contribution in [0.15, 0.2) is 41.2 Å². The number of benzene rings is 1. The van der Waals surface area contributed by atoms with Crippen LogP contribution in [0.4, 0.5) is 0 Å². The third-order valence-electron chi connectivity index (χ3n) is 5.61. The quantitative estimate of drug-likeness (QED) is 0.813. The maximum atomic E-state index is 12.6. The van der Waals surface area contributed by atoms with Gasteiger partial charge in [0.05, 0.1) is 12.9 Å². The standard InChI is InChI=1S/C21H24N2O3S/c1-26-17-5-3-15(4-6-17)18-7-8-19(24)23-11-14-9-16(21(18)23)12-22(10-14)20(25)13-27-2/h3-8,14,16H,9-13H2,1-2H3/t14-,16+/m0/s1. The van der Waals surface area contributed by atoms with Crippen molar-refractivity contribution in [2.75, 3.05) is 32.2 Å². The summed E-state index contributed by atoms with van der Waals surface area (Å²) in [5.74, 6) is 2.09. The fraction of sp³-hybridized carbons (Fsp3) is 0.429. The Hall–Kier alpha value is -2.21. The number of pyridine rings is 1. The summed E-state index contributed by atoms with van der Waals surface area (Å²) in [6.45, 7) is 2.15. The van der Waals surface area contributed by atoms with Crippen LogP contribution in [0.2, 0.25) is 0 Å². The SMILES string of the molecule is COc1ccc(-c2ccc(=O)n3c2[C@@H]2C[C@@H](CN(C(=O)CSC)C2)C3)cc1. The Morgan fingerprint density at radius 3 is 2.63 bits per heavy atom. The number of methoxy groups -OCH3 is 1. The Kier molecular flexibility index (Phi) is 5.00. The van der Waals surface area contributed by atoms with Gasteiger partial charge in [-0.05, 0) is 42.4 Å². The van der Waals surface area contributed by atoms with Crippen LogP contribution < -0.4 is 10.3 Å². The highest BCUT2D eigenvalue weighted by Crippen LogP contribution is 2.40. The third kappa shape index (κ3) is 3.38. The van der Waals surface area contributed by atoms with E-state index in [0.29, 0.717) is 24.8 Å². The van der Waals surface area contributed by atoms with Gasteiger partial charge in [0.15, 0.2) is 0 Å². The van der Waals surface area contributed by atoms with Gasteiger partial charge in [-0.25, -0.2) is 0 Å². The average Bonchev–Trinajstić information content (AvgIpc) is 2.69. The molecule has 0 unspecified atom stereocenters. The van der Waals surface area contributed by atoms with E-state index in [2.05, 4.69) is 0 Å². The predicted molar refractivity (Wildman–Crippen MR) is 109 cm³/mol. The molecule has 5 nitrogen and oxygen atoms in total. The number of likely N-dealkylation sites (tertiary alicyclic amines) is 1. The zero-order chi connectivity index (χ0) is 19.0. The molecular weight excluding hydrogens is 360 g/mol. The summed E-state index contributed by atoms with van der Waals surface area (Å²) in [7, 11) is 1.65. The van der Waals surface area contributed by atoms with Crippen molar-refractivity contribution >= 4 is 17.7 Å². The number of nitrogens with zero attached hydrogens (tertiary/aromatic N) is 2. The summed E-state index contributed by atoms with van der Waals surface area (Å²) < 4.78 is 7.20. The van der Waals surface area contributed by atoms with Crippen molar-refractivity contribution in [2.45, 2.75) is 18.9 Å². The minimum Gasteiger partial charge on any atom is -0.497 e. The molecule has 0 N–H and O–H groups in total. The molecule has 0 spiro atoms. The van der Waals surface area contributed by atoms with E-state index in [-0.39, 0.29) is 17.4 Å². The number of carbonyl (C=O) groups excluding carboxylic acids is 1. The van der Waals surface area contributed by atoms with E-state index in [1.165, 1.54) is 0 Å². The summed E-state index contributed by atoms with van der Waals surface area (Å²) >= 11 is 1.56. The second-order valence-corrected chi connectivity index (χ2v) is 8.21.